The van der Waals surface area contributed by atoms with Gasteiger partial charge in [0, 0.05) is 25.1 Å². The molecule has 0 bridgehead atoms. The van der Waals surface area contributed by atoms with E-state index < -0.39 is 0 Å². The summed E-state index contributed by atoms with van der Waals surface area (Å²) in [6.45, 7) is 0.613. The topological polar surface area (TPSA) is 59.8 Å². The average molecular weight is 443 g/mol. The highest BCUT2D eigenvalue weighted by atomic mass is 32.2. The van der Waals surface area contributed by atoms with Crippen LogP contribution in [0.1, 0.15) is 23.5 Å². The van der Waals surface area contributed by atoms with Crippen LogP contribution in [0.5, 0.6) is 0 Å². The number of aromatic nitrogens is 3. The predicted molar refractivity (Wildman–Crippen MR) is 130 cm³/mol. The highest BCUT2D eigenvalue weighted by molar-refractivity contribution is 7.99. The van der Waals surface area contributed by atoms with Crippen molar-refractivity contribution in [2.24, 2.45) is 7.05 Å². The number of thioether (sulfide) groups is 1. The fourth-order valence-electron chi connectivity index (χ4n) is 3.71. The Labute approximate surface area is 192 Å². The summed E-state index contributed by atoms with van der Waals surface area (Å²) in [5.41, 5.74) is 3.52. The van der Waals surface area contributed by atoms with Crippen LogP contribution in [0.2, 0.25) is 0 Å². The summed E-state index contributed by atoms with van der Waals surface area (Å²) in [6.07, 6.45) is 0.840. The summed E-state index contributed by atoms with van der Waals surface area (Å²) in [5, 5.41) is 12.3. The van der Waals surface area contributed by atoms with Crippen LogP contribution < -0.4 is 5.32 Å². The van der Waals surface area contributed by atoms with Crippen LogP contribution in [0, 0.1) is 0 Å². The number of rotatable bonds is 9. The summed E-state index contributed by atoms with van der Waals surface area (Å²) in [5.74, 6) is 1.35. The lowest BCUT2D eigenvalue weighted by Crippen LogP contribution is -2.27. The van der Waals surface area contributed by atoms with Gasteiger partial charge in [-0.1, -0.05) is 103 Å². The average Bonchev–Trinajstić information content (AvgIpc) is 3.22. The van der Waals surface area contributed by atoms with Crippen LogP contribution in [0.15, 0.2) is 96.2 Å². The van der Waals surface area contributed by atoms with E-state index in [1.807, 2.05) is 54.1 Å². The van der Waals surface area contributed by atoms with Gasteiger partial charge >= 0.3 is 0 Å². The minimum Gasteiger partial charge on any atom is -0.355 e. The molecule has 6 heteroatoms. The fourth-order valence-corrected chi connectivity index (χ4v) is 4.45. The predicted octanol–water partition coefficient (Wildman–Crippen LogP) is 4.91. The standard InChI is InChI=1S/C26H26N4OS/c1-30-25(22-15-9-4-10-16-22)28-29-26(30)32-19-24(31)27-18-17-23(20-11-5-2-6-12-20)21-13-7-3-8-14-21/h2-16,23H,17-19H2,1H3,(H,27,31). The van der Waals surface area contributed by atoms with Gasteiger partial charge in [-0.3, -0.25) is 4.79 Å². The van der Waals surface area contributed by atoms with Crippen LogP contribution in [-0.2, 0) is 11.8 Å². The second kappa shape index (κ2) is 10.8. The Hall–Kier alpha value is -3.38. The molecule has 162 valence electrons. The fraction of sp³-hybridized carbons (Fsp3) is 0.192. The Morgan fingerprint density at radius 1 is 0.875 bits per heavy atom. The first kappa shape index (κ1) is 21.8. The number of hydrogen-bond donors (Lipinski definition) is 1. The van der Waals surface area contributed by atoms with Crippen molar-refractivity contribution in [1.82, 2.24) is 20.1 Å². The first-order valence-electron chi connectivity index (χ1n) is 10.7. The number of carbonyl (C=O) groups is 1. The molecule has 1 N–H and O–H groups in total. The Morgan fingerprint density at radius 3 is 2.03 bits per heavy atom. The molecule has 3 aromatic carbocycles. The normalized spacial score (nSPS) is 10.9. The quantitative estimate of drug-likeness (QED) is 0.374. The zero-order valence-corrected chi connectivity index (χ0v) is 18.8. The third-order valence-corrected chi connectivity index (χ3v) is 6.38. The number of nitrogens with one attached hydrogen (secondary N) is 1. The van der Waals surface area contributed by atoms with Gasteiger partial charge < -0.3 is 9.88 Å². The summed E-state index contributed by atoms with van der Waals surface area (Å²) >= 11 is 1.40. The zero-order valence-electron chi connectivity index (χ0n) is 18.0. The van der Waals surface area contributed by atoms with Gasteiger partial charge in [0.1, 0.15) is 0 Å². The Morgan fingerprint density at radius 2 is 1.44 bits per heavy atom. The van der Waals surface area contributed by atoms with Crippen molar-refractivity contribution in [3.05, 3.63) is 102 Å². The van der Waals surface area contributed by atoms with Gasteiger partial charge in [0.15, 0.2) is 11.0 Å². The molecule has 0 aliphatic heterocycles. The second-order valence-electron chi connectivity index (χ2n) is 7.53. The summed E-state index contributed by atoms with van der Waals surface area (Å²) in [7, 11) is 1.92. The van der Waals surface area contributed by atoms with Crippen LogP contribution >= 0.6 is 11.8 Å². The molecule has 1 aromatic heterocycles. The smallest absolute Gasteiger partial charge is 0.230 e. The van der Waals surface area contributed by atoms with Gasteiger partial charge in [-0.2, -0.15) is 0 Å². The maximum Gasteiger partial charge on any atom is 0.230 e. The van der Waals surface area contributed by atoms with Gasteiger partial charge in [0.2, 0.25) is 5.91 Å². The molecule has 0 spiro atoms. The minimum absolute atomic E-state index is 0.000801. The molecule has 0 saturated heterocycles. The highest BCUT2D eigenvalue weighted by Gasteiger charge is 2.15. The van der Waals surface area contributed by atoms with Crippen molar-refractivity contribution in [1.29, 1.82) is 0 Å². The van der Waals surface area contributed by atoms with Crippen molar-refractivity contribution >= 4 is 17.7 Å². The number of amides is 1. The minimum atomic E-state index is -0.000801. The van der Waals surface area contributed by atoms with Gasteiger partial charge in [-0.05, 0) is 17.5 Å². The van der Waals surface area contributed by atoms with Gasteiger partial charge in [0.25, 0.3) is 0 Å². The van der Waals surface area contributed by atoms with Gasteiger partial charge in [-0.15, -0.1) is 10.2 Å². The monoisotopic (exact) mass is 442 g/mol. The maximum absolute atomic E-state index is 12.5. The van der Waals surface area contributed by atoms with Crippen molar-refractivity contribution in [2.75, 3.05) is 12.3 Å². The molecule has 0 saturated carbocycles. The molecule has 32 heavy (non-hydrogen) atoms. The van der Waals surface area contributed by atoms with Crippen molar-refractivity contribution in [2.45, 2.75) is 17.5 Å². The summed E-state index contributed by atoms with van der Waals surface area (Å²) < 4.78 is 1.92. The summed E-state index contributed by atoms with van der Waals surface area (Å²) in [4.78, 5) is 12.5. The molecular weight excluding hydrogens is 416 g/mol. The molecule has 4 rings (SSSR count). The zero-order chi connectivity index (χ0) is 22.2. The first-order chi connectivity index (χ1) is 15.7. The number of carbonyl (C=O) groups excluding carboxylic acids is 1. The first-order valence-corrected chi connectivity index (χ1v) is 11.6. The maximum atomic E-state index is 12.5. The Balaban J connectivity index is 1.32. The van der Waals surface area contributed by atoms with Crippen LogP contribution in [0.25, 0.3) is 11.4 Å². The molecule has 0 radical (unpaired) electrons. The molecular formula is C26H26N4OS. The lowest BCUT2D eigenvalue weighted by atomic mass is 9.88. The SMILES string of the molecule is Cn1c(SCC(=O)NCCC(c2ccccc2)c2ccccc2)nnc1-c1ccccc1. The van der Waals surface area contributed by atoms with E-state index in [0.29, 0.717) is 12.3 Å². The number of nitrogens with zero attached hydrogens (tertiary/aromatic N) is 3. The molecule has 5 nitrogen and oxygen atoms in total. The van der Waals surface area contributed by atoms with E-state index >= 15 is 0 Å². The van der Waals surface area contributed by atoms with Crippen LogP contribution in [-0.4, -0.2) is 33.0 Å². The van der Waals surface area contributed by atoms with E-state index in [0.717, 1.165) is 23.0 Å². The van der Waals surface area contributed by atoms with Crippen LogP contribution in [0.3, 0.4) is 0 Å². The molecule has 1 heterocycles. The molecule has 1 amide bonds. The number of hydrogen-bond acceptors (Lipinski definition) is 4. The number of benzene rings is 3. The lowest BCUT2D eigenvalue weighted by Gasteiger charge is -2.18. The third-order valence-electron chi connectivity index (χ3n) is 5.36. The van der Waals surface area contributed by atoms with Crippen molar-refractivity contribution < 1.29 is 4.79 Å². The van der Waals surface area contributed by atoms with E-state index in [9.17, 15) is 4.79 Å². The molecule has 0 atom stereocenters. The second-order valence-corrected chi connectivity index (χ2v) is 8.47. The van der Waals surface area contributed by atoms with E-state index in [2.05, 4.69) is 64.0 Å². The van der Waals surface area contributed by atoms with Crippen LogP contribution in [0.4, 0.5) is 0 Å². The largest absolute Gasteiger partial charge is 0.355 e. The van der Waals surface area contributed by atoms with Gasteiger partial charge in [0.05, 0.1) is 5.75 Å². The molecule has 0 aliphatic carbocycles. The molecule has 0 fully saturated rings. The summed E-state index contributed by atoms with van der Waals surface area (Å²) in [6, 6.07) is 30.8. The van der Waals surface area contributed by atoms with E-state index in [-0.39, 0.29) is 11.8 Å². The third kappa shape index (κ3) is 5.45. The van der Waals surface area contributed by atoms with E-state index in [1.54, 1.807) is 0 Å². The molecule has 4 aromatic rings. The van der Waals surface area contributed by atoms with Gasteiger partial charge in [-0.25, -0.2) is 0 Å². The molecule has 0 aliphatic rings. The lowest BCUT2D eigenvalue weighted by molar-refractivity contribution is -0.118. The Bertz CT molecular complexity index is 1090. The van der Waals surface area contributed by atoms with Crippen molar-refractivity contribution in [3.8, 4) is 11.4 Å². The Kier molecular flexibility index (Phi) is 7.35. The highest BCUT2D eigenvalue weighted by Crippen LogP contribution is 2.27. The van der Waals surface area contributed by atoms with E-state index in [1.165, 1.54) is 22.9 Å². The van der Waals surface area contributed by atoms with E-state index in [4.69, 9.17) is 0 Å². The molecule has 0 unspecified atom stereocenters. The van der Waals surface area contributed by atoms with Crippen molar-refractivity contribution in [3.63, 3.8) is 0 Å².